The molecule has 0 rings (SSSR count). The van der Waals surface area contributed by atoms with Crippen LogP contribution in [0.25, 0.3) is 0 Å². The number of alkyl halides is 1. The maximum Gasteiger partial charge on any atom is 0.227 e. The lowest BCUT2D eigenvalue weighted by atomic mass is 9.92. The highest BCUT2D eigenvalue weighted by molar-refractivity contribution is 6.64. The van der Waals surface area contributed by atoms with E-state index in [1.165, 1.54) is 0 Å². The first-order valence-electron chi connectivity index (χ1n) is 2.76. The minimum absolute atomic E-state index is 0.317. The van der Waals surface area contributed by atoms with Gasteiger partial charge in [-0.05, 0) is 18.0 Å². The molecule has 9 heavy (non-hydrogen) atoms. The molecule has 54 valence electrons. The summed E-state index contributed by atoms with van der Waals surface area (Å²) in [5.41, 5.74) is -0.455. The van der Waals surface area contributed by atoms with Crippen LogP contribution in [-0.2, 0) is 4.79 Å². The van der Waals surface area contributed by atoms with E-state index in [0.717, 1.165) is 0 Å². The monoisotopic (exact) mass is 168 g/mol. The lowest BCUT2D eigenvalue weighted by Gasteiger charge is -2.16. The number of carbonyl (C=O) groups excluding carboxylic acids is 1. The van der Waals surface area contributed by atoms with Gasteiger partial charge in [-0.3, -0.25) is 4.79 Å². The van der Waals surface area contributed by atoms with Crippen molar-refractivity contribution in [3.63, 3.8) is 0 Å². The minimum atomic E-state index is -0.455. The van der Waals surface area contributed by atoms with Crippen molar-refractivity contribution < 1.29 is 4.79 Å². The Morgan fingerprint density at radius 1 is 1.56 bits per heavy atom. The van der Waals surface area contributed by atoms with Crippen LogP contribution in [0, 0.1) is 5.41 Å². The van der Waals surface area contributed by atoms with Crippen LogP contribution in [-0.4, -0.2) is 11.1 Å². The second-order valence-electron chi connectivity index (χ2n) is 2.60. The van der Waals surface area contributed by atoms with Crippen LogP contribution in [0.2, 0.25) is 0 Å². The number of carbonyl (C=O) groups is 1. The average molecular weight is 169 g/mol. The first-order chi connectivity index (χ1) is 4.00. The zero-order chi connectivity index (χ0) is 7.49. The normalized spacial score (nSPS) is 11.6. The summed E-state index contributed by atoms with van der Waals surface area (Å²) >= 11 is 10.7. The molecule has 0 saturated carbocycles. The van der Waals surface area contributed by atoms with E-state index < -0.39 is 5.41 Å². The predicted octanol–water partition coefficient (Wildman–Crippen LogP) is 2.41. The third-order valence-corrected chi connectivity index (χ3v) is 1.95. The summed E-state index contributed by atoms with van der Waals surface area (Å²) in [5, 5.41) is -0.317. The molecule has 0 aliphatic heterocycles. The van der Waals surface area contributed by atoms with Crippen LogP contribution in [0.15, 0.2) is 0 Å². The van der Waals surface area contributed by atoms with Crippen LogP contribution in [0.5, 0.6) is 0 Å². The average Bonchev–Trinajstić information content (AvgIpc) is 1.65. The molecule has 0 spiro atoms. The van der Waals surface area contributed by atoms with Crippen molar-refractivity contribution >= 4 is 28.4 Å². The summed E-state index contributed by atoms with van der Waals surface area (Å²) in [6.07, 6.45) is 0.636. The van der Waals surface area contributed by atoms with Gasteiger partial charge in [0.15, 0.2) is 0 Å². The van der Waals surface area contributed by atoms with Gasteiger partial charge in [0, 0.05) is 11.3 Å². The van der Waals surface area contributed by atoms with Gasteiger partial charge in [0.1, 0.15) is 0 Å². The van der Waals surface area contributed by atoms with Crippen molar-refractivity contribution in [1.82, 2.24) is 0 Å². The number of halogens is 2. The molecule has 0 saturated heterocycles. The number of hydrogen-bond donors (Lipinski definition) is 0. The molecule has 0 atom stereocenters. The zero-order valence-electron chi connectivity index (χ0n) is 5.58. The summed E-state index contributed by atoms with van der Waals surface area (Å²) in [5.74, 6) is 0.478. The first kappa shape index (κ1) is 9.25. The molecular formula is C6H10Cl2O. The second kappa shape index (κ2) is 3.43. The molecule has 0 heterocycles. The Labute approximate surface area is 65.3 Å². The molecule has 0 bridgehead atoms. The Hall–Kier alpha value is 0.250. The first-order valence-corrected chi connectivity index (χ1v) is 3.68. The van der Waals surface area contributed by atoms with Gasteiger partial charge in [-0.1, -0.05) is 13.8 Å². The van der Waals surface area contributed by atoms with Crippen molar-refractivity contribution in [2.75, 3.05) is 5.88 Å². The smallest absolute Gasteiger partial charge is 0.227 e. The van der Waals surface area contributed by atoms with E-state index in [2.05, 4.69) is 0 Å². The molecule has 0 unspecified atom stereocenters. The topological polar surface area (TPSA) is 17.1 Å². The second-order valence-corrected chi connectivity index (χ2v) is 3.32. The summed E-state index contributed by atoms with van der Waals surface area (Å²) < 4.78 is 0. The Morgan fingerprint density at radius 2 is 2.00 bits per heavy atom. The van der Waals surface area contributed by atoms with E-state index in [1.54, 1.807) is 13.8 Å². The van der Waals surface area contributed by atoms with Crippen molar-refractivity contribution in [2.24, 2.45) is 5.41 Å². The van der Waals surface area contributed by atoms with E-state index in [-0.39, 0.29) is 5.24 Å². The highest BCUT2D eigenvalue weighted by Crippen LogP contribution is 2.23. The molecule has 0 aromatic heterocycles. The molecule has 0 aliphatic carbocycles. The third kappa shape index (κ3) is 3.07. The lowest BCUT2D eigenvalue weighted by Crippen LogP contribution is -2.19. The fourth-order valence-corrected chi connectivity index (χ4v) is 0.901. The molecule has 0 aromatic rings. The van der Waals surface area contributed by atoms with Crippen molar-refractivity contribution in [1.29, 1.82) is 0 Å². The van der Waals surface area contributed by atoms with Gasteiger partial charge in [0.05, 0.1) is 0 Å². The molecule has 0 radical (unpaired) electrons. The minimum Gasteiger partial charge on any atom is -0.281 e. The quantitative estimate of drug-likeness (QED) is 0.468. The third-order valence-electron chi connectivity index (χ3n) is 1.25. The summed E-state index contributed by atoms with van der Waals surface area (Å²) in [7, 11) is 0. The number of hydrogen-bond acceptors (Lipinski definition) is 1. The van der Waals surface area contributed by atoms with E-state index in [1.807, 2.05) is 0 Å². The molecule has 0 aromatic carbocycles. The van der Waals surface area contributed by atoms with Crippen LogP contribution in [0.4, 0.5) is 0 Å². The Balaban J connectivity index is 3.85. The zero-order valence-corrected chi connectivity index (χ0v) is 7.09. The molecule has 0 amide bonds. The van der Waals surface area contributed by atoms with Gasteiger partial charge in [0.2, 0.25) is 5.24 Å². The van der Waals surface area contributed by atoms with E-state index in [4.69, 9.17) is 23.2 Å². The molecule has 0 aliphatic rings. The van der Waals surface area contributed by atoms with Gasteiger partial charge in [0.25, 0.3) is 0 Å². The van der Waals surface area contributed by atoms with Crippen LogP contribution in [0.3, 0.4) is 0 Å². The fraction of sp³-hybridized carbons (Fsp3) is 0.833. The van der Waals surface area contributed by atoms with Gasteiger partial charge in [-0.25, -0.2) is 0 Å². The Morgan fingerprint density at radius 3 is 2.11 bits per heavy atom. The molecule has 3 heteroatoms. The standard InChI is InChI=1S/C6H10Cl2O/c1-6(2,3-4-7)5(8)9/h3-4H2,1-2H3. The molecular weight excluding hydrogens is 159 g/mol. The molecule has 0 N–H and O–H groups in total. The maximum absolute atomic E-state index is 10.6. The number of rotatable bonds is 3. The van der Waals surface area contributed by atoms with Crippen LogP contribution < -0.4 is 0 Å². The highest BCUT2D eigenvalue weighted by Gasteiger charge is 2.24. The lowest BCUT2D eigenvalue weighted by molar-refractivity contribution is -0.119. The molecule has 1 nitrogen and oxygen atoms in total. The van der Waals surface area contributed by atoms with Gasteiger partial charge < -0.3 is 0 Å². The Kier molecular flexibility index (Phi) is 3.52. The highest BCUT2D eigenvalue weighted by atomic mass is 35.5. The van der Waals surface area contributed by atoms with Crippen LogP contribution >= 0.6 is 23.2 Å². The van der Waals surface area contributed by atoms with Gasteiger partial charge >= 0.3 is 0 Å². The SMILES string of the molecule is CC(C)(CCCl)C(=O)Cl. The van der Waals surface area contributed by atoms with Crippen LogP contribution in [0.1, 0.15) is 20.3 Å². The predicted molar refractivity (Wildman–Crippen MR) is 40.0 cm³/mol. The summed E-state index contributed by atoms with van der Waals surface area (Å²) in [6.45, 7) is 3.56. The largest absolute Gasteiger partial charge is 0.281 e. The van der Waals surface area contributed by atoms with E-state index in [9.17, 15) is 4.79 Å². The maximum atomic E-state index is 10.6. The summed E-state index contributed by atoms with van der Waals surface area (Å²) in [4.78, 5) is 10.6. The van der Waals surface area contributed by atoms with Crippen molar-refractivity contribution in [3.8, 4) is 0 Å². The van der Waals surface area contributed by atoms with Gasteiger partial charge in [-0.15, -0.1) is 11.6 Å². The van der Waals surface area contributed by atoms with Gasteiger partial charge in [-0.2, -0.15) is 0 Å². The molecule has 0 fully saturated rings. The Bertz CT molecular complexity index is 110. The van der Waals surface area contributed by atoms with Crippen molar-refractivity contribution in [2.45, 2.75) is 20.3 Å². The van der Waals surface area contributed by atoms with Crippen molar-refractivity contribution in [3.05, 3.63) is 0 Å². The van der Waals surface area contributed by atoms with E-state index >= 15 is 0 Å². The fourth-order valence-electron chi connectivity index (χ4n) is 0.335. The summed E-state index contributed by atoms with van der Waals surface area (Å²) in [6, 6.07) is 0. The van der Waals surface area contributed by atoms with E-state index in [0.29, 0.717) is 12.3 Å².